The molecule has 3 nitrogen and oxygen atoms in total. The topological polar surface area (TPSA) is 35.5 Å². The molecule has 0 aliphatic carbocycles. The summed E-state index contributed by atoms with van der Waals surface area (Å²) in [5.74, 6) is -0.625. The number of carbonyl (C=O) groups excluding carboxylic acids is 1. The number of ketones is 1. The molecule has 0 saturated heterocycles. The number of hydrogen-bond acceptors (Lipinski definition) is 3. The molecule has 1 aromatic rings. The highest BCUT2D eigenvalue weighted by Crippen LogP contribution is 2.15. The van der Waals surface area contributed by atoms with Gasteiger partial charge in [-0.2, -0.15) is 0 Å². The van der Waals surface area contributed by atoms with Gasteiger partial charge in [0.2, 0.25) is 0 Å². The standard InChI is InChI=1S/C12H14ClFO3/c1-16-4-5-17-8-10(15)6-9-2-3-11(13)12(14)7-9/h2-3,7H,4-6,8H2,1H3. The summed E-state index contributed by atoms with van der Waals surface area (Å²) in [5, 5.41) is 0.0533. The zero-order chi connectivity index (χ0) is 12.7. The number of ether oxygens (including phenoxy) is 2. The molecule has 1 aromatic carbocycles. The van der Waals surface area contributed by atoms with Gasteiger partial charge in [0, 0.05) is 13.5 Å². The van der Waals surface area contributed by atoms with Gasteiger partial charge in [0.15, 0.2) is 5.78 Å². The fourth-order valence-electron chi connectivity index (χ4n) is 1.26. The lowest BCUT2D eigenvalue weighted by Crippen LogP contribution is -2.14. The van der Waals surface area contributed by atoms with Gasteiger partial charge < -0.3 is 9.47 Å². The maximum atomic E-state index is 13.1. The molecule has 17 heavy (non-hydrogen) atoms. The molecule has 5 heteroatoms. The summed E-state index contributed by atoms with van der Waals surface area (Å²) in [5.41, 5.74) is 0.590. The predicted molar refractivity (Wildman–Crippen MR) is 62.8 cm³/mol. The summed E-state index contributed by atoms with van der Waals surface area (Å²) < 4.78 is 22.9. The lowest BCUT2D eigenvalue weighted by molar-refractivity contribution is -0.123. The van der Waals surface area contributed by atoms with Crippen molar-refractivity contribution < 1.29 is 18.7 Å². The van der Waals surface area contributed by atoms with Crippen molar-refractivity contribution in [1.82, 2.24) is 0 Å². The normalized spacial score (nSPS) is 10.5. The summed E-state index contributed by atoms with van der Waals surface area (Å²) in [4.78, 5) is 11.5. The zero-order valence-corrected chi connectivity index (χ0v) is 10.3. The molecule has 0 aromatic heterocycles. The van der Waals surface area contributed by atoms with E-state index in [-0.39, 0.29) is 23.8 Å². The van der Waals surface area contributed by atoms with Crippen LogP contribution in [0.4, 0.5) is 4.39 Å². The Morgan fingerprint density at radius 3 is 2.82 bits per heavy atom. The lowest BCUT2D eigenvalue weighted by atomic mass is 10.1. The van der Waals surface area contributed by atoms with Gasteiger partial charge in [0.1, 0.15) is 12.4 Å². The number of benzene rings is 1. The van der Waals surface area contributed by atoms with E-state index in [1.807, 2.05) is 0 Å². The van der Waals surface area contributed by atoms with Gasteiger partial charge in [-0.05, 0) is 17.7 Å². The number of methoxy groups -OCH3 is 1. The molecule has 0 N–H and O–H groups in total. The molecule has 0 saturated carbocycles. The third kappa shape index (κ3) is 5.26. The minimum atomic E-state index is -0.516. The summed E-state index contributed by atoms with van der Waals surface area (Å²) in [7, 11) is 1.56. The van der Waals surface area contributed by atoms with Crippen LogP contribution in [0.25, 0.3) is 0 Å². The Balaban J connectivity index is 2.37. The van der Waals surface area contributed by atoms with Crippen LogP contribution in [0.1, 0.15) is 5.56 Å². The second-order valence-corrected chi connectivity index (χ2v) is 3.92. The van der Waals surface area contributed by atoms with E-state index in [1.165, 1.54) is 12.1 Å². The Hall–Kier alpha value is -0.970. The van der Waals surface area contributed by atoms with Crippen LogP contribution < -0.4 is 0 Å². The third-order valence-electron chi connectivity index (χ3n) is 2.08. The minimum Gasteiger partial charge on any atom is -0.382 e. The lowest BCUT2D eigenvalue weighted by Gasteiger charge is -2.04. The number of hydrogen-bond donors (Lipinski definition) is 0. The zero-order valence-electron chi connectivity index (χ0n) is 9.54. The van der Waals surface area contributed by atoms with Gasteiger partial charge in [0.25, 0.3) is 0 Å². The molecule has 94 valence electrons. The number of Topliss-reactive ketones (excluding diaryl/α,β-unsaturated/α-hetero) is 1. The van der Waals surface area contributed by atoms with E-state index in [1.54, 1.807) is 13.2 Å². The van der Waals surface area contributed by atoms with E-state index in [0.717, 1.165) is 0 Å². The molecule has 0 aliphatic rings. The largest absolute Gasteiger partial charge is 0.382 e. The maximum absolute atomic E-state index is 13.1. The fraction of sp³-hybridized carbons (Fsp3) is 0.417. The highest BCUT2D eigenvalue weighted by molar-refractivity contribution is 6.30. The first kappa shape index (κ1) is 14.1. The smallest absolute Gasteiger partial charge is 0.162 e. The highest BCUT2D eigenvalue weighted by atomic mass is 35.5. The van der Waals surface area contributed by atoms with Gasteiger partial charge in [-0.25, -0.2) is 4.39 Å². The Morgan fingerprint density at radius 1 is 1.41 bits per heavy atom. The number of halogens is 2. The van der Waals surface area contributed by atoms with Gasteiger partial charge in [-0.1, -0.05) is 17.7 Å². The average Bonchev–Trinajstić information content (AvgIpc) is 2.30. The fourth-order valence-corrected chi connectivity index (χ4v) is 1.37. The van der Waals surface area contributed by atoms with E-state index in [2.05, 4.69) is 0 Å². The van der Waals surface area contributed by atoms with Crippen molar-refractivity contribution >= 4 is 17.4 Å². The van der Waals surface area contributed by atoms with Gasteiger partial charge in [0.05, 0.1) is 18.2 Å². The van der Waals surface area contributed by atoms with Crippen molar-refractivity contribution in [3.63, 3.8) is 0 Å². The molecule has 0 radical (unpaired) electrons. The minimum absolute atomic E-state index is 0.00755. The van der Waals surface area contributed by atoms with Crippen molar-refractivity contribution in [2.75, 3.05) is 26.9 Å². The van der Waals surface area contributed by atoms with Crippen LogP contribution in [0.2, 0.25) is 5.02 Å². The first-order chi connectivity index (χ1) is 8.13. The first-order valence-corrected chi connectivity index (χ1v) is 5.53. The van der Waals surface area contributed by atoms with Crippen molar-refractivity contribution in [3.8, 4) is 0 Å². The summed E-state index contributed by atoms with van der Waals surface area (Å²) >= 11 is 5.54. The predicted octanol–water partition coefficient (Wildman–Crippen LogP) is 2.25. The molecular formula is C12H14ClFO3. The van der Waals surface area contributed by atoms with Crippen molar-refractivity contribution in [1.29, 1.82) is 0 Å². The van der Waals surface area contributed by atoms with Crippen LogP contribution in [-0.2, 0) is 20.7 Å². The number of rotatable bonds is 7. The van der Waals surface area contributed by atoms with Crippen LogP contribution in [0.3, 0.4) is 0 Å². The monoisotopic (exact) mass is 260 g/mol. The average molecular weight is 261 g/mol. The van der Waals surface area contributed by atoms with Crippen LogP contribution in [-0.4, -0.2) is 32.7 Å². The van der Waals surface area contributed by atoms with Crippen molar-refractivity contribution in [2.45, 2.75) is 6.42 Å². The Kier molecular flexibility index (Phi) is 6.11. The van der Waals surface area contributed by atoms with Crippen LogP contribution in [0.5, 0.6) is 0 Å². The summed E-state index contributed by atoms with van der Waals surface area (Å²) in [6.07, 6.45) is 0.140. The Labute approximate surface area is 104 Å². The van der Waals surface area contributed by atoms with Crippen LogP contribution in [0, 0.1) is 5.82 Å². The molecule has 0 amide bonds. The van der Waals surface area contributed by atoms with Crippen LogP contribution >= 0.6 is 11.6 Å². The quantitative estimate of drug-likeness (QED) is 0.706. The van der Waals surface area contributed by atoms with Gasteiger partial charge in [-0.3, -0.25) is 4.79 Å². The van der Waals surface area contributed by atoms with E-state index in [4.69, 9.17) is 21.1 Å². The molecule has 0 atom stereocenters. The maximum Gasteiger partial charge on any atom is 0.162 e. The van der Waals surface area contributed by atoms with E-state index < -0.39 is 5.82 Å². The van der Waals surface area contributed by atoms with E-state index in [0.29, 0.717) is 18.8 Å². The molecular weight excluding hydrogens is 247 g/mol. The molecule has 0 aliphatic heterocycles. The molecule has 0 heterocycles. The van der Waals surface area contributed by atoms with Crippen molar-refractivity contribution in [2.24, 2.45) is 0 Å². The summed E-state index contributed by atoms with van der Waals surface area (Å²) in [6, 6.07) is 4.32. The first-order valence-electron chi connectivity index (χ1n) is 5.16. The second-order valence-electron chi connectivity index (χ2n) is 3.51. The van der Waals surface area contributed by atoms with Crippen LogP contribution in [0.15, 0.2) is 18.2 Å². The highest BCUT2D eigenvalue weighted by Gasteiger charge is 2.06. The van der Waals surface area contributed by atoms with Gasteiger partial charge in [-0.15, -0.1) is 0 Å². The Bertz CT molecular complexity index is 382. The van der Waals surface area contributed by atoms with Crippen molar-refractivity contribution in [3.05, 3.63) is 34.6 Å². The second kappa shape index (κ2) is 7.37. The molecule has 0 fully saturated rings. The summed E-state index contributed by atoms with van der Waals surface area (Å²) in [6.45, 7) is 0.827. The molecule has 1 rings (SSSR count). The molecule has 0 bridgehead atoms. The van der Waals surface area contributed by atoms with E-state index in [9.17, 15) is 9.18 Å². The number of carbonyl (C=O) groups is 1. The Morgan fingerprint density at radius 2 is 2.18 bits per heavy atom. The molecule has 0 unspecified atom stereocenters. The van der Waals surface area contributed by atoms with E-state index >= 15 is 0 Å². The SMILES string of the molecule is COCCOCC(=O)Cc1ccc(Cl)c(F)c1. The molecule has 0 spiro atoms. The third-order valence-corrected chi connectivity index (χ3v) is 2.39. The van der Waals surface area contributed by atoms with Gasteiger partial charge >= 0.3 is 0 Å².